The molecule has 0 fully saturated rings. The maximum atomic E-state index is 12.9. The highest BCUT2D eigenvalue weighted by atomic mass is 19.1. The van der Waals surface area contributed by atoms with Crippen molar-refractivity contribution >= 4 is 6.03 Å². The van der Waals surface area contributed by atoms with Crippen LogP contribution >= 0.6 is 0 Å². The van der Waals surface area contributed by atoms with Crippen molar-refractivity contribution in [3.63, 3.8) is 0 Å². The van der Waals surface area contributed by atoms with E-state index in [1.54, 1.807) is 12.1 Å². The normalized spacial score (nSPS) is 11.0. The van der Waals surface area contributed by atoms with E-state index in [1.807, 2.05) is 45.0 Å². The Hall–Kier alpha value is -2.56. The summed E-state index contributed by atoms with van der Waals surface area (Å²) in [5, 5.41) is 5.63. The summed E-state index contributed by atoms with van der Waals surface area (Å²) < 4.78 is 18.5. The summed E-state index contributed by atoms with van der Waals surface area (Å²) >= 11 is 0. The standard InChI is InChI=1S/C18H21FN2O2/c1-18(2,3)21-17(22)20-12-13-5-4-6-16(11-13)23-15-9-7-14(19)8-10-15/h4-11H,12H2,1-3H3,(H2,20,21,22). The molecule has 2 aromatic carbocycles. The molecule has 0 aliphatic rings. The number of hydrogen-bond donors (Lipinski definition) is 2. The third-order valence-electron chi connectivity index (χ3n) is 2.89. The van der Waals surface area contributed by atoms with Crippen LogP contribution in [0.2, 0.25) is 0 Å². The van der Waals surface area contributed by atoms with Gasteiger partial charge in [0.25, 0.3) is 0 Å². The number of ether oxygens (including phenoxy) is 1. The maximum absolute atomic E-state index is 12.9. The number of rotatable bonds is 4. The summed E-state index contributed by atoms with van der Waals surface area (Å²) in [5.74, 6) is 0.884. The average Bonchev–Trinajstić information content (AvgIpc) is 2.46. The SMILES string of the molecule is CC(C)(C)NC(=O)NCc1cccc(Oc2ccc(F)cc2)c1. The first-order valence-corrected chi connectivity index (χ1v) is 7.40. The van der Waals surface area contributed by atoms with Crippen molar-refractivity contribution in [1.29, 1.82) is 0 Å². The number of halogens is 1. The minimum atomic E-state index is -0.305. The molecule has 0 heterocycles. The van der Waals surface area contributed by atoms with Crippen LogP contribution in [0.3, 0.4) is 0 Å². The molecule has 0 aliphatic carbocycles. The Bertz CT molecular complexity index is 663. The van der Waals surface area contributed by atoms with Gasteiger partial charge in [0.15, 0.2) is 0 Å². The topological polar surface area (TPSA) is 50.4 Å². The molecule has 0 radical (unpaired) electrons. The summed E-state index contributed by atoms with van der Waals surface area (Å²) in [6.07, 6.45) is 0. The van der Waals surface area contributed by atoms with Crippen molar-refractivity contribution in [2.75, 3.05) is 0 Å². The summed E-state index contributed by atoms with van der Waals surface area (Å²) in [5.41, 5.74) is 0.631. The predicted octanol–water partition coefficient (Wildman–Crippen LogP) is 4.22. The molecule has 0 spiro atoms. The van der Waals surface area contributed by atoms with E-state index < -0.39 is 0 Å². The van der Waals surface area contributed by atoms with Crippen molar-refractivity contribution < 1.29 is 13.9 Å². The lowest BCUT2D eigenvalue weighted by molar-refractivity contribution is 0.231. The van der Waals surface area contributed by atoms with Gasteiger partial charge in [0, 0.05) is 12.1 Å². The van der Waals surface area contributed by atoms with Gasteiger partial charge in [-0.1, -0.05) is 12.1 Å². The second-order valence-electron chi connectivity index (χ2n) is 6.26. The Morgan fingerprint density at radius 1 is 1.09 bits per heavy atom. The van der Waals surface area contributed by atoms with E-state index in [9.17, 15) is 9.18 Å². The number of benzene rings is 2. The molecule has 2 amide bonds. The highest BCUT2D eigenvalue weighted by molar-refractivity contribution is 5.74. The van der Waals surface area contributed by atoms with E-state index in [4.69, 9.17) is 4.74 Å². The van der Waals surface area contributed by atoms with Crippen molar-refractivity contribution in [2.45, 2.75) is 32.9 Å². The van der Waals surface area contributed by atoms with Crippen LogP contribution in [0.1, 0.15) is 26.3 Å². The number of nitrogens with one attached hydrogen (secondary N) is 2. The van der Waals surface area contributed by atoms with Crippen LogP contribution in [-0.4, -0.2) is 11.6 Å². The fraction of sp³-hybridized carbons (Fsp3) is 0.278. The molecular formula is C18H21FN2O2. The van der Waals surface area contributed by atoms with Crippen LogP contribution in [0.5, 0.6) is 11.5 Å². The number of carbonyl (C=O) groups excluding carboxylic acids is 1. The number of amides is 2. The molecule has 5 heteroatoms. The van der Waals surface area contributed by atoms with Gasteiger partial charge in [-0.15, -0.1) is 0 Å². The largest absolute Gasteiger partial charge is 0.457 e. The van der Waals surface area contributed by atoms with Gasteiger partial charge < -0.3 is 15.4 Å². The first kappa shape index (κ1) is 16.8. The lowest BCUT2D eigenvalue weighted by atomic mass is 10.1. The predicted molar refractivity (Wildman–Crippen MR) is 88.0 cm³/mol. The van der Waals surface area contributed by atoms with Crippen LogP contribution in [-0.2, 0) is 6.54 Å². The summed E-state index contributed by atoms with van der Waals surface area (Å²) in [6, 6.07) is 13.0. The highest BCUT2D eigenvalue weighted by Gasteiger charge is 2.13. The Balaban J connectivity index is 1.94. The Labute approximate surface area is 135 Å². The molecule has 4 nitrogen and oxygen atoms in total. The van der Waals surface area contributed by atoms with Gasteiger partial charge in [0.05, 0.1) is 0 Å². The van der Waals surface area contributed by atoms with E-state index in [0.29, 0.717) is 18.0 Å². The third kappa shape index (κ3) is 5.98. The molecule has 2 rings (SSSR count). The van der Waals surface area contributed by atoms with Gasteiger partial charge in [0.1, 0.15) is 17.3 Å². The van der Waals surface area contributed by atoms with Gasteiger partial charge in [-0.2, -0.15) is 0 Å². The van der Waals surface area contributed by atoms with Gasteiger partial charge in [-0.05, 0) is 62.7 Å². The van der Waals surface area contributed by atoms with Crippen LogP contribution < -0.4 is 15.4 Å². The minimum Gasteiger partial charge on any atom is -0.457 e. The summed E-state index contributed by atoms with van der Waals surface area (Å²) in [4.78, 5) is 11.8. The fourth-order valence-electron chi connectivity index (χ4n) is 1.92. The minimum absolute atomic E-state index is 0.220. The van der Waals surface area contributed by atoms with Crippen LogP contribution in [0, 0.1) is 5.82 Å². The monoisotopic (exact) mass is 316 g/mol. The molecule has 0 bridgehead atoms. The van der Waals surface area contributed by atoms with Crippen molar-refractivity contribution in [2.24, 2.45) is 0 Å². The van der Waals surface area contributed by atoms with Crippen LogP contribution in [0.4, 0.5) is 9.18 Å². The highest BCUT2D eigenvalue weighted by Crippen LogP contribution is 2.22. The molecule has 0 saturated heterocycles. The zero-order valence-electron chi connectivity index (χ0n) is 13.5. The molecule has 0 saturated carbocycles. The zero-order chi connectivity index (χ0) is 16.9. The van der Waals surface area contributed by atoms with E-state index in [0.717, 1.165) is 5.56 Å². The molecule has 0 aliphatic heterocycles. The first-order valence-electron chi connectivity index (χ1n) is 7.40. The van der Waals surface area contributed by atoms with E-state index in [-0.39, 0.29) is 17.4 Å². The molecule has 122 valence electrons. The van der Waals surface area contributed by atoms with E-state index in [2.05, 4.69) is 10.6 Å². The molecule has 0 atom stereocenters. The molecule has 2 N–H and O–H groups in total. The number of urea groups is 1. The molecule has 0 aromatic heterocycles. The number of carbonyl (C=O) groups is 1. The van der Waals surface area contributed by atoms with Crippen molar-refractivity contribution in [3.05, 3.63) is 59.9 Å². The maximum Gasteiger partial charge on any atom is 0.315 e. The van der Waals surface area contributed by atoms with Crippen molar-refractivity contribution in [3.8, 4) is 11.5 Å². The number of hydrogen-bond acceptors (Lipinski definition) is 2. The van der Waals surface area contributed by atoms with Gasteiger partial charge in [-0.3, -0.25) is 0 Å². The van der Waals surface area contributed by atoms with Gasteiger partial charge in [-0.25, -0.2) is 9.18 Å². The van der Waals surface area contributed by atoms with Crippen LogP contribution in [0.25, 0.3) is 0 Å². The lowest BCUT2D eigenvalue weighted by Gasteiger charge is -2.20. The Morgan fingerprint density at radius 3 is 2.43 bits per heavy atom. The smallest absolute Gasteiger partial charge is 0.315 e. The van der Waals surface area contributed by atoms with Gasteiger partial charge >= 0.3 is 6.03 Å². The quantitative estimate of drug-likeness (QED) is 0.887. The average molecular weight is 316 g/mol. The van der Waals surface area contributed by atoms with Crippen molar-refractivity contribution in [1.82, 2.24) is 10.6 Å². The third-order valence-corrected chi connectivity index (χ3v) is 2.89. The summed E-state index contributed by atoms with van der Waals surface area (Å²) in [6.45, 7) is 6.15. The first-order chi connectivity index (χ1) is 10.8. The molecule has 0 unspecified atom stereocenters. The van der Waals surface area contributed by atoms with Crippen LogP contribution in [0.15, 0.2) is 48.5 Å². The molecular weight excluding hydrogens is 295 g/mol. The van der Waals surface area contributed by atoms with E-state index in [1.165, 1.54) is 12.1 Å². The Morgan fingerprint density at radius 2 is 1.78 bits per heavy atom. The zero-order valence-corrected chi connectivity index (χ0v) is 13.5. The lowest BCUT2D eigenvalue weighted by Crippen LogP contribution is -2.46. The van der Waals surface area contributed by atoms with E-state index >= 15 is 0 Å². The Kier molecular flexibility index (Phi) is 5.21. The van der Waals surface area contributed by atoms with Gasteiger partial charge in [0.2, 0.25) is 0 Å². The fourth-order valence-corrected chi connectivity index (χ4v) is 1.92. The second-order valence-corrected chi connectivity index (χ2v) is 6.26. The molecule has 2 aromatic rings. The summed E-state index contributed by atoms with van der Waals surface area (Å²) in [7, 11) is 0. The second kappa shape index (κ2) is 7.13. The molecule has 23 heavy (non-hydrogen) atoms.